The van der Waals surface area contributed by atoms with E-state index in [2.05, 4.69) is 19.9 Å². The van der Waals surface area contributed by atoms with Crippen LogP contribution >= 0.6 is 0 Å². The van der Waals surface area contributed by atoms with Crippen molar-refractivity contribution in [2.75, 3.05) is 0 Å². The molecule has 2 rings (SSSR count). The second-order valence-corrected chi connectivity index (χ2v) is 7.33. The molecule has 136 valence electrons. The van der Waals surface area contributed by atoms with Gasteiger partial charge in [0.1, 0.15) is 11.8 Å². The second-order valence-electron chi connectivity index (χ2n) is 7.33. The molecule has 3 heteroatoms. The van der Waals surface area contributed by atoms with Crippen molar-refractivity contribution >= 4 is 5.97 Å². The normalized spacial score (nSPS) is 20.0. The fraction of sp³-hybridized carbons (Fsp3) is 0.636. The summed E-state index contributed by atoms with van der Waals surface area (Å²) in [5.41, 5.74) is 1.62. The summed E-state index contributed by atoms with van der Waals surface area (Å²) in [4.78, 5) is 12.5. The van der Waals surface area contributed by atoms with Gasteiger partial charge in [-0.1, -0.05) is 45.6 Å². The van der Waals surface area contributed by atoms with Crippen LogP contribution in [-0.2, 0) is 11.2 Å². The maximum atomic E-state index is 12.5. The lowest BCUT2D eigenvalue weighted by atomic mass is 9.80. The van der Waals surface area contributed by atoms with Gasteiger partial charge in [-0.05, 0) is 62.1 Å². The Hall–Kier alpha value is -1.82. The van der Waals surface area contributed by atoms with Gasteiger partial charge in [-0.3, -0.25) is 4.79 Å². The molecule has 1 saturated carbocycles. The first-order chi connectivity index (χ1) is 12.2. The van der Waals surface area contributed by atoms with E-state index in [-0.39, 0.29) is 11.9 Å². The number of hydrogen-bond donors (Lipinski definition) is 0. The fourth-order valence-corrected chi connectivity index (χ4v) is 3.77. The maximum Gasteiger partial charge on any atom is 0.314 e. The van der Waals surface area contributed by atoms with Crippen LogP contribution in [0.15, 0.2) is 18.2 Å². The average molecular weight is 341 g/mol. The molecular formula is C22H31NO2. The van der Waals surface area contributed by atoms with Crippen molar-refractivity contribution in [3.8, 4) is 11.8 Å². The maximum absolute atomic E-state index is 12.5. The van der Waals surface area contributed by atoms with Gasteiger partial charge in [-0.15, -0.1) is 0 Å². The first-order valence-electron chi connectivity index (χ1n) is 9.92. The number of aryl methyl sites for hydroxylation is 1. The molecule has 0 saturated heterocycles. The molecule has 1 aliphatic rings. The number of nitriles is 1. The molecule has 0 aliphatic heterocycles. The van der Waals surface area contributed by atoms with Crippen molar-refractivity contribution in [3.05, 3.63) is 29.3 Å². The zero-order chi connectivity index (χ0) is 18.1. The fourth-order valence-electron chi connectivity index (χ4n) is 3.77. The summed E-state index contributed by atoms with van der Waals surface area (Å²) in [7, 11) is 0. The van der Waals surface area contributed by atoms with Gasteiger partial charge < -0.3 is 4.74 Å². The molecule has 0 N–H and O–H groups in total. The highest BCUT2D eigenvalue weighted by Crippen LogP contribution is 2.33. The molecule has 0 spiro atoms. The summed E-state index contributed by atoms with van der Waals surface area (Å²) in [5.74, 6) is 1.02. The predicted octanol–water partition coefficient (Wildman–Crippen LogP) is 5.80. The molecule has 0 amide bonds. The van der Waals surface area contributed by atoms with E-state index in [1.54, 1.807) is 6.07 Å². The monoisotopic (exact) mass is 341 g/mol. The number of nitrogens with zero attached hydrogens (tertiary/aromatic N) is 1. The minimum Gasteiger partial charge on any atom is -0.425 e. The molecular weight excluding hydrogens is 310 g/mol. The lowest BCUT2D eigenvalue weighted by molar-refractivity contribution is -0.140. The van der Waals surface area contributed by atoms with E-state index in [4.69, 9.17) is 4.74 Å². The van der Waals surface area contributed by atoms with Gasteiger partial charge in [-0.25, -0.2) is 0 Å². The standard InChI is InChI=1S/C22H31NO2/c1-3-5-6-8-18-11-14-21(20(15-18)16-23)25-22(24)19-12-9-17(7-4-2)10-13-19/h11,14-15,17,19H,3-10,12-13H2,1-2H3/t17-,19-. The van der Waals surface area contributed by atoms with Crippen LogP contribution in [0.1, 0.15) is 82.8 Å². The van der Waals surface area contributed by atoms with Crippen molar-refractivity contribution in [2.45, 2.75) is 78.1 Å². The topological polar surface area (TPSA) is 50.1 Å². The Morgan fingerprint density at radius 2 is 1.92 bits per heavy atom. The highest BCUT2D eigenvalue weighted by Gasteiger charge is 2.27. The molecule has 0 bridgehead atoms. The molecule has 0 aromatic heterocycles. The highest BCUT2D eigenvalue weighted by molar-refractivity contribution is 5.76. The average Bonchev–Trinajstić information content (AvgIpc) is 2.64. The van der Waals surface area contributed by atoms with E-state index < -0.39 is 0 Å². The number of unbranched alkanes of at least 4 members (excludes halogenated alkanes) is 2. The lowest BCUT2D eigenvalue weighted by Crippen LogP contribution is -2.26. The number of rotatable bonds is 8. The van der Waals surface area contributed by atoms with Crippen LogP contribution in [0.2, 0.25) is 0 Å². The van der Waals surface area contributed by atoms with E-state index in [1.165, 1.54) is 25.7 Å². The molecule has 1 fully saturated rings. The Morgan fingerprint density at radius 3 is 2.56 bits per heavy atom. The van der Waals surface area contributed by atoms with E-state index in [0.29, 0.717) is 11.3 Å². The minimum atomic E-state index is -0.162. The van der Waals surface area contributed by atoms with Crippen LogP contribution in [-0.4, -0.2) is 5.97 Å². The van der Waals surface area contributed by atoms with Crippen LogP contribution in [0.25, 0.3) is 0 Å². The van der Waals surface area contributed by atoms with Gasteiger partial charge in [0, 0.05) is 0 Å². The van der Waals surface area contributed by atoms with Gasteiger partial charge in [0.15, 0.2) is 0 Å². The van der Waals surface area contributed by atoms with Crippen LogP contribution in [0, 0.1) is 23.2 Å². The summed E-state index contributed by atoms with van der Waals surface area (Å²) >= 11 is 0. The number of carbonyl (C=O) groups excluding carboxylic acids is 1. The van der Waals surface area contributed by atoms with E-state index in [0.717, 1.165) is 50.0 Å². The van der Waals surface area contributed by atoms with Gasteiger partial charge in [0.25, 0.3) is 0 Å². The summed E-state index contributed by atoms with van der Waals surface area (Å²) in [6, 6.07) is 7.83. The molecule has 1 aliphatic carbocycles. The summed E-state index contributed by atoms with van der Waals surface area (Å²) in [6.45, 7) is 4.40. The van der Waals surface area contributed by atoms with E-state index in [1.807, 2.05) is 12.1 Å². The van der Waals surface area contributed by atoms with E-state index in [9.17, 15) is 10.1 Å². The summed E-state index contributed by atoms with van der Waals surface area (Å²) < 4.78 is 5.59. The van der Waals surface area contributed by atoms with Crippen LogP contribution in [0.5, 0.6) is 5.75 Å². The second kappa shape index (κ2) is 10.2. The van der Waals surface area contributed by atoms with Gasteiger partial charge >= 0.3 is 5.97 Å². The Kier molecular flexibility index (Phi) is 7.98. The summed E-state index contributed by atoms with van der Waals surface area (Å²) in [5, 5.41) is 9.39. The molecule has 1 aromatic carbocycles. The molecule has 0 radical (unpaired) electrons. The number of ether oxygens (including phenoxy) is 1. The minimum absolute atomic E-state index is 0.0103. The third-order valence-electron chi connectivity index (χ3n) is 5.32. The Balaban J connectivity index is 1.93. The number of hydrogen-bond acceptors (Lipinski definition) is 3. The Bertz CT molecular complexity index is 595. The third-order valence-corrected chi connectivity index (χ3v) is 5.32. The first kappa shape index (κ1) is 19.5. The van der Waals surface area contributed by atoms with Crippen LogP contribution in [0.3, 0.4) is 0 Å². The molecule has 25 heavy (non-hydrogen) atoms. The molecule has 0 heterocycles. The van der Waals surface area contributed by atoms with Crippen LogP contribution < -0.4 is 4.74 Å². The number of carbonyl (C=O) groups is 1. The van der Waals surface area contributed by atoms with Crippen molar-refractivity contribution in [1.82, 2.24) is 0 Å². The molecule has 1 aromatic rings. The zero-order valence-electron chi connectivity index (χ0n) is 15.7. The largest absolute Gasteiger partial charge is 0.425 e. The molecule has 3 nitrogen and oxygen atoms in total. The lowest BCUT2D eigenvalue weighted by Gasteiger charge is -2.26. The van der Waals surface area contributed by atoms with Crippen LogP contribution in [0.4, 0.5) is 0 Å². The van der Waals surface area contributed by atoms with Crippen molar-refractivity contribution < 1.29 is 9.53 Å². The third kappa shape index (κ3) is 5.88. The van der Waals surface area contributed by atoms with Crippen molar-refractivity contribution in [2.24, 2.45) is 11.8 Å². The SMILES string of the molecule is CCCCCc1ccc(OC(=O)[C@H]2CC[C@H](CCC)CC2)c(C#N)c1. The van der Waals surface area contributed by atoms with Gasteiger partial charge in [0.2, 0.25) is 0 Å². The highest BCUT2D eigenvalue weighted by atomic mass is 16.5. The summed E-state index contributed by atoms with van der Waals surface area (Å²) in [6.07, 6.45) is 11.0. The van der Waals surface area contributed by atoms with Gasteiger partial charge in [-0.2, -0.15) is 5.26 Å². The molecule has 0 unspecified atom stereocenters. The quantitative estimate of drug-likeness (QED) is 0.341. The van der Waals surface area contributed by atoms with Crippen molar-refractivity contribution in [3.63, 3.8) is 0 Å². The molecule has 0 atom stereocenters. The smallest absolute Gasteiger partial charge is 0.314 e. The van der Waals surface area contributed by atoms with Crippen molar-refractivity contribution in [1.29, 1.82) is 5.26 Å². The van der Waals surface area contributed by atoms with E-state index >= 15 is 0 Å². The number of benzene rings is 1. The first-order valence-corrected chi connectivity index (χ1v) is 9.92. The Labute approximate surface area is 152 Å². The predicted molar refractivity (Wildman–Crippen MR) is 100 cm³/mol. The zero-order valence-corrected chi connectivity index (χ0v) is 15.7. The number of esters is 1. The Morgan fingerprint density at radius 1 is 1.16 bits per heavy atom. The van der Waals surface area contributed by atoms with Gasteiger partial charge in [0.05, 0.1) is 11.5 Å².